The third-order valence-electron chi connectivity index (χ3n) is 4.77. The van der Waals surface area contributed by atoms with Crippen molar-refractivity contribution in [1.82, 2.24) is 10.2 Å². The summed E-state index contributed by atoms with van der Waals surface area (Å²) in [4.78, 5) is 27.2. The molecule has 7 nitrogen and oxygen atoms in total. The zero-order chi connectivity index (χ0) is 23.2. The Balaban J connectivity index is 2.37. The topological polar surface area (TPSA) is 86.8 Å². The molecule has 0 aliphatic rings. The third kappa shape index (κ3) is 7.07. The molecule has 0 radical (unpaired) electrons. The molecule has 0 unspecified atom stereocenters. The van der Waals surface area contributed by atoms with Crippen molar-refractivity contribution in [1.29, 1.82) is 0 Å². The number of nitrogens with zero attached hydrogens (tertiary/aromatic N) is 2. The fourth-order valence-corrected chi connectivity index (χ4v) is 4.27. The lowest BCUT2D eigenvalue weighted by molar-refractivity contribution is -0.139. The zero-order valence-corrected chi connectivity index (χ0v) is 20.5. The number of carbonyl (C=O) groups excluding carboxylic acids is 2. The number of nitrogens with one attached hydrogen (secondary N) is 1. The molecule has 0 aliphatic carbocycles. The van der Waals surface area contributed by atoms with E-state index in [1.54, 1.807) is 38.1 Å². The van der Waals surface area contributed by atoms with E-state index in [9.17, 15) is 18.0 Å². The molecule has 0 aliphatic heterocycles. The molecule has 168 valence electrons. The highest BCUT2D eigenvalue weighted by Crippen LogP contribution is 2.23. The molecule has 0 aromatic heterocycles. The standard InChI is InChI=1S/C22H28BrN3O4S/c1-5-24-22(28)17(3)25(14-18-11-9-16(2)10-12-18)21(27)15-26(31(4,29)30)20-8-6-7-19(23)13-20/h6-13,17H,5,14-15H2,1-4H3,(H,24,28)/t17-/m1/s1. The molecular formula is C22H28BrN3O4S. The van der Waals surface area contributed by atoms with Gasteiger partial charge in [0.25, 0.3) is 0 Å². The number of hydrogen-bond acceptors (Lipinski definition) is 4. The number of rotatable bonds is 9. The maximum absolute atomic E-state index is 13.3. The van der Waals surface area contributed by atoms with E-state index in [2.05, 4.69) is 21.2 Å². The SMILES string of the molecule is CCNC(=O)[C@@H](C)N(Cc1ccc(C)cc1)C(=O)CN(c1cccc(Br)c1)S(C)(=O)=O. The van der Waals surface area contributed by atoms with E-state index in [0.29, 0.717) is 16.7 Å². The van der Waals surface area contributed by atoms with Crippen molar-refractivity contribution in [3.05, 3.63) is 64.1 Å². The molecular weight excluding hydrogens is 482 g/mol. The Hall–Kier alpha value is -2.39. The quantitative estimate of drug-likeness (QED) is 0.562. The molecule has 9 heteroatoms. The minimum absolute atomic E-state index is 0.188. The summed E-state index contributed by atoms with van der Waals surface area (Å²) >= 11 is 3.33. The smallest absolute Gasteiger partial charge is 0.244 e. The summed E-state index contributed by atoms with van der Waals surface area (Å²) in [5.74, 6) is -0.763. The van der Waals surface area contributed by atoms with Crippen molar-refractivity contribution < 1.29 is 18.0 Å². The van der Waals surface area contributed by atoms with Gasteiger partial charge in [-0.3, -0.25) is 13.9 Å². The van der Waals surface area contributed by atoms with Crippen molar-refractivity contribution in [2.75, 3.05) is 23.7 Å². The van der Waals surface area contributed by atoms with Crippen LogP contribution in [0.5, 0.6) is 0 Å². The summed E-state index contributed by atoms with van der Waals surface area (Å²) in [6, 6.07) is 13.6. The lowest BCUT2D eigenvalue weighted by atomic mass is 10.1. The Kier molecular flexibility index (Phi) is 8.64. The number of aryl methyl sites for hydroxylation is 1. The Morgan fingerprint density at radius 3 is 2.32 bits per heavy atom. The van der Waals surface area contributed by atoms with Crippen LogP contribution < -0.4 is 9.62 Å². The van der Waals surface area contributed by atoms with Crippen molar-refractivity contribution >= 4 is 43.5 Å². The second-order valence-electron chi connectivity index (χ2n) is 7.33. The zero-order valence-electron chi connectivity index (χ0n) is 18.1. The molecule has 2 rings (SSSR count). The third-order valence-corrected chi connectivity index (χ3v) is 6.40. The van der Waals surface area contributed by atoms with Gasteiger partial charge in [-0.05, 0) is 44.5 Å². The lowest BCUT2D eigenvalue weighted by Gasteiger charge is -2.31. The van der Waals surface area contributed by atoms with Gasteiger partial charge in [0.15, 0.2) is 0 Å². The van der Waals surface area contributed by atoms with E-state index >= 15 is 0 Å². The molecule has 2 aromatic rings. The van der Waals surface area contributed by atoms with Gasteiger partial charge in [0.1, 0.15) is 12.6 Å². The summed E-state index contributed by atoms with van der Waals surface area (Å²) in [7, 11) is -3.73. The maximum Gasteiger partial charge on any atom is 0.244 e. The Morgan fingerprint density at radius 1 is 1.13 bits per heavy atom. The fraction of sp³-hybridized carbons (Fsp3) is 0.364. The number of sulfonamides is 1. The molecule has 1 atom stereocenters. The van der Waals surface area contributed by atoms with Crippen LogP contribution in [0.3, 0.4) is 0 Å². The normalized spacial score (nSPS) is 12.2. The van der Waals surface area contributed by atoms with Crippen LogP contribution in [0.1, 0.15) is 25.0 Å². The molecule has 0 spiro atoms. The van der Waals surface area contributed by atoms with Gasteiger partial charge >= 0.3 is 0 Å². The molecule has 2 amide bonds. The van der Waals surface area contributed by atoms with Gasteiger partial charge in [-0.15, -0.1) is 0 Å². The molecule has 31 heavy (non-hydrogen) atoms. The van der Waals surface area contributed by atoms with Crippen LogP contribution >= 0.6 is 15.9 Å². The van der Waals surface area contributed by atoms with Gasteiger partial charge in [0.2, 0.25) is 21.8 Å². The van der Waals surface area contributed by atoms with Crippen LogP contribution in [0.2, 0.25) is 0 Å². The predicted molar refractivity (Wildman–Crippen MR) is 126 cm³/mol. The first kappa shape index (κ1) is 24.9. The average Bonchev–Trinajstić information content (AvgIpc) is 2.70. The Labute approximate surface area is 192 Å². The van der Waals surface area contributed by atoms with Crippen LogP contribution in [-0.4, -0.2) is 50.5 Å². The first-order valence-corrected chi connectivity index (χ1v) is 12.5. The molecule has 0 heterocycles. The van der Waals surface area contributed by atoms with Gasteiger partial charge in [-0.1, -0.05) is 51.8 Å². The number of hydrogen-bond donors (Lipinski definition) is 1. The number of benzene rings is 2. The predicted octanol–water partition coefficient (Wildman–Crippen LogP) is 3.08. The number of carbonyl (C=O) groups is 2. The molecule has 0 saturated carbocycles. The highest BCUT2D eigenvalue weighted by molar-refractivity contribution is 9.10. The van der Waals surface area contributed by atoms with E-state index in [1.807, 2.05) is 31.2 Å². The van der Waals surface area contributed by atoms with Crippen molar-refractivity contribution in [3.63, 3.8) is 0 Å². The lowest BCUT2D eigenvalue weighted by Crippen LogP contribution is -2.51. The molecule has 1 N–H and O–H groups in total. The minimum atomic E-state index is -3.73. The number of halogens is 1. The Bertz CT molecular complexity index is 1030. The van der Waals surface area contributed by atoms with E-state index in [1.165, 1.54) is 4.90 Å². The summed E-state index contributed by atoms with van der Waals surface area (Å²) in [5.41, 5.74) is 2.30. The van der Waals surface area contributed by atoms with Crippen molar-refractivity contribution in [2.24, 2.45) is 0 Å². The first-order valence-electron chi connectivity index (χ1n) is 9.89. The second kappa shape index (κ2) is 10.8. The van der Waals surface area contributed by atoms with E-state index in [0.717, 1.165) is 21.7 Å². The van der Waals surface area contributed by atoms with Gasteiger partial charge in [0.05, 0.1) is 11.9 Å². The summed E-state index contributed by atoms with van der Waals surface area (Å²) in [5, 5.41) is 2.73. The summed E-state index contributed by atoms with van der Waals surface area (Å²) in [6.07, 6.45) is 1.05. The average molecular weight is 510 g/mol. The first-order chi connectivity index (χ1) is 14.5. The minimum Gasteiger partial charge on any atom is -0.355 e. The van der Waals surface area contributed by atoms with Crippen LogP contribution in [0.15, 0.2) is 53.0 Å². The number of likely N-dealkylation sites (N-methyl/N-ethyl adjacent to an activating group) is 1. The highest BCUT2D eigenvalue weighted by Gasteiger charge is 2.29. The van der Waals surface area contributed by atoms with Crippen molar-refractivity contribution in [2.45, 2.75) is 33.4 Å². The van der Waals surface area contributed by atoms with E-state index < -0.39 is 28.5 Å². The van der Waals surface area contributed by atoms with E-state index in [-0.39, 0.29) is 12.5 Å². The van der Waals surface area contributed by atoms with E-state index in [4.69, 9.17) is 0 Å². The molecule has 0 fully saturated rings. The molecule has 0 bridgehead atoms. The summed E-state index contributed by atoms with van der Waals surface area (Å²) in [6.45, 7) is 5.62. The van der Waals surface area contributed by atoms with Gasteiger partial charge < -0.3 is 10.2 Å². The fourth-order valence-electron chi connectivity index (χ4n) is 3.04. The highest BCUT2D eigenvalue weighted by atomic mass is 79.9. The van der Waals surface area contributed by atoms with Crippen LogP contribution in [0, 0.1) is 6.92 Å². The van der Waals surface area contributed by atoms with Crippen LogP contribution in [0.4, 0.5) is 5.69 Å². The number of amides is 2. The van der Waals surface area contributed by atoms with Crippen LogP contribution in [0.25, 0.3) is 0 Å². The number of anilines is 1. The Morgan fingerprint density at radius 2 is 1.77 bits per heavy atom. The molecule has 2 aromatic carbocycles. The van der Waals surface area contributed by atoms with Crippen molar-refractivity contribution in [3.8, 4) is 0 Å². The largest absolute Gasteiger partial charge is 0.355 e. The molecule has 0 saturated heterocycles. The van der Waals surface area contributed by atoms with Gasteiger partial charge in [-0.25, -0.2) is 8.42 Å². The summed E-state index contributed by atoms with van der Waals surface area (Å²) < 4.78 is 26.7. The second-order valence-corrected chi connectivity index (χ2v) is 10.1. The maximum atomic E-state index is 13.3. The monoisotopic (exact) mass is 509 g/mol. The van der Waals surface area contributed by atoms with Gasteiger partial charge in [0, 0.05) is 17.6 Å². The van der Waals surface area contributed by atoms with Gasteiger partial charge in [-0.2, -0.15) is 0 Å². The van der Waals surface area contributed by atoms with Crippen LogP contribution in [-0.2, 0) is 26.2 Å².